The Balaban J connectivity index is 2.28. The average molecular weight is 271 g/mol. The van der Waals surface area contributed by atoms with Gasteiger partial charge in [-0.05, 0) is 35.7 Å². The molecule has 2 atom stereocenters. The number of nitrogens with two attached hydrogens (primary N) is 1. The zero-order valence-corrected chi connectivity index (χ0v) is 11.9. The first-order valence-corrected chi connectivity index (χ1v) is 6.75. The second kappa shape index (κ2) is 6.55. The molecule has 0 aliphatic rings. The maximum atomic E-state index is 10.6. The lowest BCUT2D eigenvalue weighted by molar-refractivity contribution is 0.147. The van der Waals surface area contributed by atoms with Crippen molar-refractivity contribution in [1.29, 1.82) is 0 Å². The molecule has 0 bridgehead atoms. The van der Waals surface area contributed by atoms with Gasteiger partial charge in [-0.25, -0.2) is 0 Å². The fraction of sp³-hybridized carbons (Fsp3) is 0.294. The van der Waals surface area contributed by atoms with Crippen molar-refractivity contribution in [2.75, 3.05) is 13.7 Å². The standard InChI is InChI=1S/C17H21NO2/c1-12-5-3-4-6-15(12)16(11-18)17(19)13-7-9-14(20-2)10-8-13/h3-10,16-17,19H,11,18H2,1-2H3. The summed E-state index contributed by atoms with van der Waals surface area (Å²) in [6.07, 6.45) is -0.619. The zero-order valence-electron chi connectivity index (χ0n) is 11.9. The van der Waals surface area contributed by atoms with Crippen molar-refractivity contribution >= 4 is 0 Å². The highest BCUT2D eigenvalue weighted by molar-refractivity contribution is 5.34. The lowest BCUT2D eigenvalue weighted by Gasteiger charge is -2.24. The van der Waals surface area contributed by atoms with Crippen molar-refractivity contribution in [2.45, 2.75) is 18.9 Å². The highest BCUT2D eigenvalue weighted by Crippen LogP contribution is 2.32. The molecule has 0 heterocycles. The summed E-state index contributed by atoms with van der Waals surface area (Å²) in [6, 6.07) is 15.5. The summed E-state index contributed by atoms with van der Waals surface area (Å²) >= 11 is 0. The Labute approximate surface area is 120 Å². The molecule has 20 heavy (non-hydrogen) atoms. The molecule has 2 aromatic rings. The average Bonchev–Trinajstić information content (AvgIpc) is 2.50. The van der Waals surface area contributed by atoms with Crippen LogP contribution in [-0.2, 0) is 0 Å². The van der Waals surface area contributed by atoms with Gasteiger partial charge in [-0.1, -0.05) is 36.4 Å². The first kappa shape index (κ1) is 14.6. The molecule has 0 amide bonds. The summed E-state index contributed by atoms with van der Waals surface area (Å²) in [4.78, 5) is 0. The molecular weight excluding hydrogens is 250 g/mol. The molecule has 0 aliphatic carbocycles. The molecule has 0 saturated carbocycles. The second-order valence-corrected chi connectivity index (χ2v) is 4.92. The van der Waals surface area contributed by atoms with Gasteiger partial charge >= 0.3 is 0 Å². The van der Waals surface area contributed by atoms with Crippen LogP contribution in [0.25, 0.3) is 0 Å². The number of hydrogen-bond acceptors (Lipinski definition) is 3. The number of rotatable bonds is 5. The normalized spacial score (nSPS) is 13.8. The van der Waals surface area contributed by atoms with E-state index >= 15 is 0 Å². The summed E-state index contributed by atoms with van der Waals surface area (Å²) in [7, 11) is 1.63. The number of benzene rings is 2. The quantitative estimate of drug-likeness (QED) is 0.879. The minimum absolute atomic E-state index is 0.107. The van der Waals surface area contributed by atoms with E-state index < -0.39 is 6.10 Å². The van der Waals surface area contributed by atoms with Gasteiger partial charge in [0.05, 0.1) is 13.2 Å². The molecule has 2 unspecified atom stereocenters. The van der Waals surface area contributed by atoms with Crippen molar-refractivity contribution in [3.05, 3.63) is 65.2 Å². The van der Waals surface area contributed by atoms with Crippen LogP contribution in [-0.4, -0.2) is 18.8 Å². The molecule has 0 aliphatic heterocycles. The third kappa shape index (κ3) is 3.00. The number of aliphatic hydroxyl groups is 1. The SMILES string of the molecule is COc1ccc(C(O)C(CN)c2ccccc2C)cc1. The van der Waals surface area contributed by atoms with Gasteiger partial charge in [0.2, 0.25) is 0 Å². The van der Waals surface area contributed by atoms with Gasteiger partial charge in [-0.2, -0.15) is 0 Å². The van der Waals surface area contributed by atoms with Crippen LogP contribution in [0, 0.1) is 6.92 Å². The van der Waals surface area contributed by atoms with E-state index in [0.717, 1.165) is 22.4 Å². The van der Waals surface area contributed by atoms with E-state index in [9.17, 15) is 5.11 Å². The van der Waals surface area contributed by atoms with E-state index in [0.29, 0.717) is 6.54 Å². The zero-order chi connectivity index (χ0) is 14.5. The Morgan fingerprint density at radius 3 is 2.30 bits per heavy atom. The largest absolute Gasteiger partial charge is 0.497 e. The van der Waals surface area contributed by atoms with Gasteiger partial charge in [0, 0.05) is 12.5 Å². The van der Waals surface area contributed by atoms with Crippen LogP contribution in [0.3, 0.4) is 0 Å². The van der Waals surface area contributed by atoms with Crippen LogP contribution >= 0.6 is 0 Å². The molecule has 0 aromatic heterocycles. The molecular formula is C17H21NO2. The van der Waals surface area contributed by atoms with Crippen molar-refractivity contribution in [1.82, 2.24) is 0 Å². The van der Waals surface area contributed by atoms with E-state index in [1.807, 2.05) is 55.5 Å². The van der Waals surface area contributed by atoms with Crippen LogP contribution < -0.4 is 10.5 Å². The summed E-state index contributed by atoms with van der Waals surface area (Å²) in [6.45, 7) is 2.44. The molecule has 3 N–H and O–H groups in total. The molecule has 3 nitrogen and oxygen atoms in total. The summed E-state index contributed by atoms with van der Waals surface area (Å²) in [5, 5.41) is 10.6. The first-order chi connectivity index (χ1) is 9.67. The van der Waals surface area contributed by atoms with E-state index in [-0.39, 0.29) is 5.92 Å². The van der Waals surface area contributed by atoms with Crippen molar-refractivity contribution in [2.24, 2.45) is 5.73 Å². The predicted octanol–water partition coefficient (Wildman–Crippen LogP) is 2.78. The van der Waals surface area contributed by atoms with E-state index in [1.165, 1.54) is 0 Å². The summed E-state index contributed by atoms with van der Waals surface area (Å²) < 4.78 is 5.13. The van der Waals surface area contributed by atoms with Crippen molar-refractivity contribution in [3.63, 3.8) is 0 Å². The maximum absolute atomic E-state index is 10.6. The summed E-state index contributed by atoms with van der Waals surface area (Å²) in [5.74, 6) is 0.672. The van der Waals surface area contributed by atoms with Gasteiger partial charge in [-0.3, -0.25) is 0 Å². The van der Waals surface area contributed by atoms with E-state index in [4.69, 9.17) is 10.5 Å². The minimum Gasteiger partial charge on any atom is -0.497 e. The van der Waals surface area contributed by atoms with Crippen LogP contribution in [0.1, 0.15) is 28.7 Å². The van der Waals surface area contributed by atoms with Gasteiger partial charge < -0.3 is 15.6 Å². The third-order valence-corrected chi connectivity index (χ3v) is 3.68. The Bertz CT molecular complexity index is 551. The lowest BCUT2D eigenvalue weighted by atomic mass is 9.87. The molecule has 3 heteroatoms. The highest BCUT2D eigenvalue weighted by Gasteiger charge is 2.22. The van der Waals surface area contributed by atoms with Crippen LogP contribution in [0.15, 0.2) is 48.5 Å². The van der Waals surface area contributed by atoms with Crippen LogP contribution in [0.5, 0.6) is 5.75 Å². The van der Waals surface area contributed by atoms with Gasteiger partial charge in [-0.15, -0.1) is 0 Å². The lowest BCUT2D eigenvalue weighted by Crippen LogP contribution is -2.21. The van der Waals surface area contributed by atoms with E-state index in [2.05, 4.69) is 0 Å². The number of aliphatic hydroxyl groups excluding tert-OH is 1. The topological polar surface area (TPSA) is 55.5 Å². The predicted molar refractivity (Wildman–Crippen MR) is 80.9 cm³/mol. The minimum atomic E-state index is -0.619. The molecule has 106 valence electrons. The molecule has 2 rings (SSSR count). The fourth-order valence-corrected chi connectivity index (χ4v) is 2.46. The van der Waals surface area contributed by atoms with Gasteiger partial charge in [0.25, 0.3) is 0 Å². The van der Waals surface area contributed by atoms with Gasteiger partial charge in [0.1, 0.15) is 5.75 Å². The summed E-state index contributed by atoms with van der Waals surface area (Å²) in [5.41, 5.74) is 8.98. The monoisotopic (exact) mass is 271 g/mol. The number of hydrogen-bond donors (Lipinski definition) is 2. The first-order valence-electron chi connectivity index (χ1n) is 6.75. The molecule has 0 radical (unpaired) electrons. The van der Waals surface area contributed by atoms with Gasteiger partial charge in [0.15, 0.2) is 0 Å². The number of ether oxygens (including phenoxy) is 1. The smallest absolute Gasteiger partial charge is 0.118 e. The molecule has 2 aromatic carbocycles. The second-order valence-electron chi connectivity index (χ2n) is 4.92. The third-order valence-electron chi connectivity index (χ3n) is 3.68. The Morgan fingerprint density at radius 1 is 1.10 bits per heavy atom. The highest BCUT2D eigenvalue weighted by atomic mass is 16.5. The molecule has 0 spiro atoms. The number of methoxy groups -OCH3 is 1. The Kier molecular flexibility index (Phi) is 4.77. The number of aryl methyl sites for hydroxylation is 1. The Morgan fingerprint density at radius 2 is 1.75 bits per heavy atom. The van der Waals surface area contributed by atoms with Crippen LogP contribution in [0.2, 0.25) is 0 Å². The molecule has 0 fully saturated rings. The molecule has 0 saturated heterocycles. The van der Waals surface area contributed by atoms with Crippen LogP contribution in [0.4, 0.5) is 0 Å². The maximum Gasteiger partial charge on any atom is 0.118 e. The fourth-order valence-electron chi connectivity index (χ4n) is 2.46. The van der Waals surface area contributed by atoms with E-state index in [1.54, 1.807) is 7.11 Å². The Hall–Kier alpha value is -1.84. The van der Waals surface area contributed by atoms with Crippen molar-refractivity contribution in [3.8, 4) is 5.75 Å². The van der Waals surface area contributed by atoms with Crippen molar-refractivity contribution < 1.29 is 9.84 Å².